The van der Waals surface area contributed by atoms with Gasteiger partial charge in [0.1, 0.15) is 0 Å². The van der Waals surface area contributed by atoms with Crippen molar-refractivity contribution in [2.45, 2.75) is 91.0 Å². The van der Waals surface area contributed by atoms with Crippen molar-refractivity contribution in [1.29, 1.82) is 0 Å². The standard InChI is InChI=1S/C23H37NO/c1-4-5-6-7-16-8-10-18-17-9-11-20-23(3,15-13-21(25)24-20)19(17)12-14-22(16,18)2/h13,15-20H,4-12,14H2,1-3H3,(H,24,25)/t16?,17-,18-,19+,20?,22+,23+/m0/s1. The van der Waals surface area contributed by atoms with E-state index in [2.05, 4.69) is 32.2 Å². The first-order valence-corrected chi connectivity index (χ1v) is 11.0. The predicted molar refractivity (Wildman–Crippen MR) is 103 cm³/mol. The quantitative estimate of drug-likeness (QED) is 0.673. The Hall–Kier alpha value is -0.790. The van der Waals surface area contributed by atoms with Crippen LogP contribution >= 0.6 is 0 Å². The zero-order valence-electron chi connectivity index (χ0n) is 16.5. The maximum atomic E-state index is 11.8. The highest BCUT2D eigenvalue weighted by atomic mass is 16.1. The van der Waals surface area contributed by atoms with Gasteiger partial charge in [0.2, 0.25) is 5.91 Å². The van der Waals surface area contributed by atoms with Crippen LogP contribution in [0.2, 0.25) is 0 Å². The number of hydrogen-bond acceptors (Lipinski definition) is 1. The van der Waals surface area contributed by atoms with Gasteiger partial charge in [-0.1, -0.05) is 46.1 Å². The summed E-state index contributed by atoms with van der Waals surface area (Å²) in [6.07, 6.45) is 18.0. The molecule has 3 fully saturated rings. The number of unbranched alkanes of at least 4 members (excludes halogenated alkanes) is 2. The number of rotatable bonds is 4. The minimum absolute atomic E-state index is 0.124. The van der Waals surface area contributed by atoms with Gasteiger partial charge in [0.05, 0.1) is 0 Å². The van der Waals surface area contributed by atoms with Gasteiger partial charge in [-0.3, -0.25) is 4.79 Å². The summed E-state index contributed by atoms with van der Waals surface area (Å²) in [5.74, 6) is 3.68. The van der Waals surface area contributed by atoms with Crippen LogP contribution in [0.3, 0.4) is 0 Å². The van der Waals surface area contributed by atoms with Crippen LogP contribution in [-0.2, 0) is 4.79 Å². The van der Waals surface area contributed by atoms with Crippen molar-refractivity contribution in [3.63, 3.8) is 0 Å². The predicted octanol–water partition coefficient (Wildman–Crippen LogP) is 5.48. The van der Waals surface area contributed by atoms with E-state index in [0.29, 0.717) is 11.5 Å². The maximum Gasteiger partial charge on any atom is 0.243 e. The third kappa shape index (κ3) is 2.70. The summed E-state index contributed by atoms with van der Waals surface area (Å²) in [4.78, 5) is 11.8. The van der Waals surface area contributed by atoms with E-state index >= 15 is 0 Å². The Morgan fingerprint density at radius 2 is 1.92 bits per heavy atom. The monoisotopic (exact) mass is 343 g/mol. The Bertz CT molecular complexity index is 554. The minimum atomic E-state index is 0.124. The van der Waals surface area contributed by atoms with Crippen molar-refractivity contribution in [1.82, 2.24) is 5.32 Å². The van der Waals surface area contributed by atoms with Gasteiger partial charge in [-0.05, 0) is 80.1 Å². The number of carbonyl (C=O) groups is 1. The van der Waals surface area contributed by atoms with Crippen LogP contribution in [0.1, 0.15) is 85.0 Å². The van der Waals surface area contributed by atoms with Crippen LogP contribution in [-0.4, -0.2) is 11.9 Å². The fourth-order valence-electron chi connectivity index (χ4n) is 7.56. The van der Waals surface area contributed by atoms with Gasteiger partial charge >= 0.3 is 0 Å². The molecular weight excluding hydrogens is 306 g/mol. The fourth-order valence-corrected chi connectivity index (χ4v) is 7.56. The topological polar surface area (TPSA) is 29.1 Å². The lowest BCUT2D eigenvalue weighted by Gasteiger charge is -2.59. The SMILES string of the molecule is CCCCCC1CC[C@H]2[C@@H]3CCC4NC(=O)C=C[C@]4(C)[C@@H]3CC[C@]12C. The zero-order chi connectivity index (χ0) is 17.7. The van der Waals surface area contributed by atoms with Crippen LogP contribution in [0.15, 0.2) is 12.2 Å². The molecule has 0 bridgehead atoms. The van der Waals surface area contributed by atoms with Gasteiger partial charge in [0.15, 0.2) is 0 Å². The van der Waals surface area contributed by atoms with Gasteiger partial charge in [-0.15, -0.1) is 0 Å². The summed E-state index contributed by atoms with van der Waals surface area (Å²) in [7, 11) is 0. The molecule has 3 saturated carbocycles. The van der Waals surface area contributed by atoms with E-state index in [1.807, 2.05) is 6.08 Å². The average molecular weight is 344 g/mol. The first-order chi connectivity index (χ1) is 12.0. The molecule has 4 rings (SSSR count). The average Bonchev–Trinajstić information content (AvgIpc) is 2.92. The van der Waals surface area contributed by atoms with Crippen molar-refractivity contribution < 1.29 is 4.79 Å². The molecule has 0 aromatic rings. The highest BCUT2D eigenvalue weighted by Gasteiger charge is 2.59. The Labute approximate surface area is 154 Å². The molecule has 0 spiro atoms. The molecule has 7 atom stereocenters. The summed E-state index contributed by atoms with van der Waals surface area (Å²) < 4.78 is 0. The molecule has 25 heavy (non-hydrogen) atoms. The van der Waals surface area contributed by atoms with Gasteiger partial charge < -0.3 is 5.32 Å². The van der Waals surface area contributed by atoms with Crippen molar-refractivity contribution >= 4 is 5.91 Å². The molecule has 0 radical (unpaired) electrons. The lowest BCUT2D eigenvalue weighted by Crippen LogP contribution is -2.59. The van der Waals surface area contributed by atoms with Gasteiger partial charge in [-0.25, -0.2) is 0 Å². The molecular formula is C23H37NO. The van der Waals surface area contributed by atoms with E-state index in [-0.39, 0.29) is 11.3 Å². The second kappa shape index (κ2) is 6.43. The first-order valence-electron chi connectivity index (χ1n) is 11.0. The zero-order valence-corrected chi connectivity index (χ0v) is 16.5. The highest BCUT2D eigenvalue weighted by Crippen LogP contribution is 2.65. The summed E-state index contributed by atoms with van der Waals surface area (Å²) >= 11 is 0. The van der Waals surface area contributed by atoms with E-state index in [0.717, 1.165) is 23.7 Å². The fraction of sp³-hybridized carbons (Fsp3) is 0.870. The van der Waals surface area contributed by atoms with Gasteiger partial charge in [0, 0.05) is 11.5 Å². The molecule has 2 nitrogen and oxygen atoms in total. The van der Waals surface area contributed by atoms with Crippen LogP contribution in [0.25, 0.3) is 0 Å². The van der Waals surface area contributed by atoms with Crippen molar-refractivity contribution in [3.05, 3.63) is 12.2 Å². The largest absolute Gasteiger partial charge is 0.349 e. The second-order valence-electron chi connectivity index (χ2n) is 10.0. The number of carbonyl (C=O) groups excluding carboxylic acids is 1. The lowest BCUT2D eigenvalue weighted by molar-refractivity contribution is -0.122. The molecule has 0 aromatic carbocycles. The second-order valence-corrected chi connectivity index (χ2v) is 10.0. The van der Waals surface area contributed by atoms with E-state index in [1.54, 1.807) is 0 Å². The number of amides is 1. The maximum absolute atomic E-state index is 11.8. The molecule has 2 unspecified atom stereocenters. The van der Waals surface area contributed by atoms with E-state index in [1.165, 1.54) is 64.2 Å². The van der Waals surface area contributed by atoms with Crippen LogP contribution < -0.4 is 5.32 Å². The Morgan fingerprint density at radius 3 is 2.72 bits per heavy atom. The van der Waals surface area contributed by atoms with E-state index in [9.17, 15) is 4.79 Å². The normalized spacial score (nSPS) is 48.4. The van der Waals surface area contributed by atoms with Crippen molar-refractivity contribution in [3.8, 4) is 0 Å². The first kappa shape index (κ1) is 17.6. The van der Waals surface area contributed by atoms with E-state index < -0.39 is 0 Å². The Morgan fingerprint density at radius 1 is 1.08 bits per heavy atom. The molecule has 1 heterocycles. The van der Waals surface area contributed by atoms with Crippen molar-refractivity contribution in [2.24, 2.45) is 34.5 Å². The molecule has 140 valence electrons. The van der Waals surface area contributed by atoms with Gasteiger partial charge in [-0.2, -0.15) is 0 Å². The molecule has 4 aliphatic rings. The molecule has 1 amide bonds. The van der Waals surface area contributed by atoms with Crippen LogP contribution in [0.5, 0.6) is 0 Å². The third-order valence-electron chi connectivity index (χ3n) is 9.04. The summed E-state index contributed by atoms with van der Waals surface area (Å²) in [5, 5.41) is 3.28. The number of hydrogen-bond donors (Lipinski definition) is 1. The molecule has 2 heteroatoms. The summed E-state index contributed by atoms with van der Waals surface area (Å²) in [6, 6.07) is 0.373. The summed E-state index contributed by atoms with van der Waals surface area (Å²) in [6.45, 7) is 7.39. The van der Waals surface area contributed by atoms with Crippen molar-refractivity contribution in [2.75, 3.05) is 0 Å². The molecule has 0 saturated heterocycles. The van der Waals surface area contributed by atoms with Crippen LogP contribution in [0, 0.1) is 34.5 Å². The highest BCUT2D eigenvalue weighted by molar-refractivity contribution is 5.89. The van der Waals surface area contributed by atoms with Gasteiger partial charge in [0.25, 0.3) is 0 Å². The minimum Gasteiger partial charge on any atom is -0.349 e. The molecule has 1 N–H and O–H groups in total. The molecule has 3 aliphatic carbocycles. The Kier molecular flexibility index (Phi) is 4.53. The van der Waals surface area contributed by atoms with E-state index in [4.69, 9.17) is 0 Å². The lowest BCUT2D eigenvalue weighted by atomic mass is 9.48. The Balaban J connectivity index is 1.54. The number of fused-ring (bicyclic) bond motifs is 5. The summed E-state index contributed by atoms with van der Waals surface area (Å²) in [5.41, 5.74) is 0.790. The number of nitrogens with one attached hydrogen (secondary N) is 1. The van der Waals surface area contributed by atoms with Crippen LogP contribution in [0.4, 0.5) is 0 Å². The molecule has 1 aliphatic heterocycles. The third-order valence-corrected chi connectivity index (χ3v) is 9.04. The molecule has 0 aromatic heterocycles. The smallest absolute Gasteiger partial charge is 0.243 e.